The van der Waals surface area contributed by atoms with E-state index in [1.54, 1.807) is 6.20 Å². The third-order valence-corrected chi connectivity index (χ3v) is 4.41. The van der Waals surface area contributed by atoms with E-state index in [0.29, 0.717) is 19.0 Å². The van der Waals surface area contributed by atoms with E-state index < -0.39 is 5.60 Å². The summed E-state index contributed by atoms with van der Waals surface area (Å²) in [4.78, 5) is 16.3. The van der Waals surface area contributed by atoms with Crippen LogP contribution in [0.15, 0.2) is 22.8 Å². The van der Waals surface area contributed by atoms with Gasteiger partial charge in [0.15, 0.2) is 0 Å². The molecule has 0 bridgehead atoms. The van der Waals surface area contributed by atoms with Gasteiger partial charge in [0.25, 0.3) is 0 Å². The quantitative estimate of drug-likeness (QED) is 0.786. The molecule has 0 spiro atoms. The Balaban J connectivity index is 1.88. The van der Waals surface area contributed by atoms with E-state index in [0.717, 1.165) is 10.2 Å². The standard InChI is InChI=1S/C17H26BrN3O2/c1-16(2,3)23-15(22)20-11-17(4,12-5-6-12)21-10-14-8-7-13(18)9-19-14/h7-9,12,21H,5-6,10-11H2,1-4H3,(H,20,22). The molecular weight excluding hydrogens is 358 g/mol. The van der Waals surface area contributed by atoms with Gasteiger partial charge in [-0.3, -0.25) is 4.98 Å². The molecule has 1 aliphatic carbocycles. The second-order valence-electron chi connectivity index (χ2n) is 7.37. The summed E-state index contributed by atoms with van der Waals surface area (Å²) in [5, 5.41) is 6.46. The van der Waals surface area contributed by atoms with Crippen molar-refractivity contribution in [2.45, 2.75) is 58.2 Å². The SMILES string of the molecule is CC(C)(C)OC(=O)NCC(C)(NCc1ccc(Br)cn1)C1CC1. The lowest BCUT2D eigenvalue weighted by Gasteiger charge is -2.32. The summed E-state index contributed by atoms with van der Waals surface area (Å²) in [5.74, 6) is 0.577. The molecule has 1 unspecified atom stereocenters. The molecule has 1 heterocycles. The van der Waals surface area contributed by atoms with E-state index in [4.69, 9.17) is 4.74 Å². The molecule has 1 saturated carbocycles. The first-order valence-electron chi connectivity index (χ1n) is 8.00. The van der Waals surface area contributed by atoms with Crippen molar-refractivity contribution in [3.63, 3.8) is 0 Å². The zero-order valence-corrected chi connectivity index (χ0v) is 15.9. The Morgan fingerprint density at radius 1 is 1.35 bits per heavy atom. The van der Waals surface area contributed by atoms with Crippen LogP contribution in [-0.2, 0) is 11.3 Å². The summed E-state index contributed by atoms with van der Waals surface area (Å²) >= 11 is 3.39. The summed E-state index contributed by atoms with van der Waals surface area (Å²) in [6, 6.07) is 3.98. The van der Waals surface area contributed by atoms with E-state index >= 15 is 0 Å². The Morgan fingerprint density at radius 3 is 2.57 bits per heavy atom. The molecule has 2 N–H and O–H groups in total. The molecular formula is C17H26BrN3O2. The number of alkyl carbamates (subject to hydrolysis) is 1. The molecule has 1 amide bonds. The van der Waals surface area contributed by atoms with Crippen molar-refractivity contribution in [3.8, 4) is 0 Å². The van der Waals surface area contributed by atoms with Gasteiger partial charge in [-0.2, -0.15) is 0 Å². The summed E-state index contributed by atoms with van der Waals surface area (Å²) in [5.41, 5.74) is 0.359. The maximum Gasteiger partial charge on any atom is 0.407 e. The number of nitrogens with zero attached hydrogens (tertiary/aromatic N) is 1. The van der Waals surface area contributed by atoms with Crippen LogP contribution in [0.1, 0.15) is 46.2 Å². The smallest absolute Gasteiger partial charge is 0.407 e. The maximum atomic E-state index is 11.9. The van der Waals surface area contributed by atoms with Gasteiger partial charge < -0.3 is 15.4 Å². The van der Waals surface area contributed by atoms with E-state index in [1.165, 1.54) is 12.8 Å². The molecule has 1 aromatic heterocycles. The van der Waals surface area contributed by atoms with Crippen molar-refractivity contribution in [3.05, 3.63) is 28.5 Å². The summed E-state index contributed by atoms with van der Waals surface area (Å²) in [6.45, 7) is 8.97. The highest BCUT2D eigenvalue weighted by Gasteiger charge is 2.41. The third kappa shape index (κ3) is 6.11. The molecule has 0 saturated heterocycles. The highest BCUT2D eigenvalue weighted by molar-refractivity contribution is 9.10. The topological polar surface area (TPSA) is 63.2 Å². The zero-order chi connectivity index (χ0) is 17.1. The predicted octanol–water partition coefficient (Wildman–Crippen LogP) is 3.63. The van der Waals surface area contributed by atoms with Crippen LogP contribution in [0.4, 0.5) is 4.79 Å². The minimum atomic E-state index is -0.477. The largest absolute Gasteiger partial charge is 0.444 e. The Hall–Kier alpha value is -1.14. The van der Waals surface area contributed by atoms with Crippen LogP contribution in [-0.4, -0.2) is 28.8 Å². The third-order valence-electron chi connectivity index (χ3n) is 3.94. The molecule has 1 aliphatic rings. The molecule has 1 fully saturated rings. The maximum absolute atomic E-state index is 11.9. The van der Waals surface area contributed by atoms with Gasteiger partial charge >= 0.3 is 6.09 Å². The Morgan fingerprint density at radius 2 is 2.04 bits per heavy atom. The van der Waals surface area contributed by atoms with Gasteiger partial charge in [-0.15, -0.1) is 0 Å². The van der Waals surface area contributed by atoms with Gasteiger partial charge in [0.1, 0.15) is 5.60 Å². The van der Waals surface area contributed by atoms with Gasteiger partial charge in [0.05, 0.1) is 5.69 Å². The molecule has 2 rings (SSSR count). The number of halogens is 1. The minimum absolute atomic E-state index is 0.147. The van der Waals surface area contributed by atoms with Crippen LogP contribution in [0.2, 0.25) is 0 Å². The number of hydrogen-bond donors (Lipinski definition) is 2. The van der Waals surface area contributed by atoms with E-state index in [-0.39, 0.29) is 11.6 Å². The molecule has 23 heavy (non-hydrogen) atoms. The number of carbonyl (C=O) groups excluding carboxylic acids is 1. The van der Waals surface area contributed by atoms with Crippen molar-refractivity contribution >= 4 is 22.0 Å². The van der Waals surface area contributed by atoms with Crippen molar-refractivity contribution in [1.82, 2.24) is 15.6 Å². The lowest BCUT2D eigenvalue weighted by atomic mass is 9.95. The molecule has 128 valence electrons. The summed E-state index contributed by atoms with van der Waals surface area (Å²) in [7, 11) is 0. The van der Waals surface area contributed by atoms with Gasteiger partial charge in [-0.25, -0.2) is 4.79 Å². The van der Waals surface area contributed by atoms with Crippen LogP contribution >= 0.6 is 15.9 Å². The minimum Gasteiger partial charge on any atom is -0.444 e. The first-order valence-corrected chi connectivity index (χ1v) is 8.79. The van der Waals surface area contributed by atoms with Crippen LogP contribution in [0.25, 0.3) is 0 Å². The monoisotopic (exact) mass is 383 g/mol. The lowest BCUT2D eigenvalue weighted by Crippen LogP contribution is -2.53. The van der Waals surface area contributed by atoms with E-state index in [9.17, 15) is 4.79 Å². The first kappa shape index (κ1) is 18.2. The Labute approximate surface area is 146 Å². The second-order valence-corrected chi connectivity index (χ2v) is 8.28. The van der Waals surface area contributed by atoms with Crippen molar-refractivity contribution < 1.29 is 9.53 Å². The van der Waals surface area contributed by atoms with Crippen LogP contribution < -0.4 is 10.6 Å². The molecule has 5 nitrogen and oxygen atoms in total. The van der Waals surface area contributed by atoms with E-state index in [1.807, 2.05) is 32.9 Å². The number of pyridine rings is 1. The molecule has 1 atom stereocenters. The van der Waals surface area contributed by atoms with Crippen LogP contribution in [0, 0.1) is 5.92 Å². The number of ether oxygens (including phenoxy) is 1. The van der Waals surface area contributed by atoms with Crippen molar-refractivity contribution in [1.29, 1.82) is 0 Å². The summed E-state index contributed by atoms with van der Waals surface area (Å²) < 4.78 is 6.28. The van der Waals surface area contributed by atoms with Gasteiger partial charge in [-0.1, -0.05) is 0 Å². The molecule has 0 aliphatic heterocycles. The predicted molar refractivity (Wildman–Crippen MR) is 94.1 cm³/mol. The fourth-order valence-electron chi connectivity index (χ4n) is 2.45. The molecule has 0 radical (unpaired) electrons. The highest BCUT2D eigenvalue weighted by Crippen LogP contribution is 2.39. The van der Waals surface area contributed by atoms with Gasteiger partial charge in [0, 0.05) is 29.3 Å². The number of amides is 1. The number of carbonyl (C=O) groups is 1. The van der Waals surface area contributed by atoms with Crippen molar-refractivity contribution in [2.75, 3.05) is 6.54 Å². The highest BCUT2D eigenvalue weighted by atomic mass is 79.9. The normalized spacial score (nSPS) is 17.4. The van der Waals surface area contributed by atoms with Crippen molar-refractivity contribution in [2.24, 2.45) is 5.92 Å². The van der Waals surface area contributed by atoms with Crippen LogP contribution in [0.3, 0.4) is 0 Å². The fourth-order valence-corrected chi connectivity index (χ4v) is 2.68. The van der Waals surface area contributed by atoms with Gasteiger partial charge in [0.2, 0.25) is 0 Å². The zero-order valence-electron chi connectivity index (χ0n) is 14.3. The fraction of sp³-hybridized carbons (Fsp3) is 0.647. The summed E-state index contributed by atoms with van der Waals surface area (Å²) in [6.07, 6.45) is 3.80. The molecule has 6 heteroatoms. The average Bonchev–Trinajstić information content (AvgIpc) is 3.28. The number of aromatic nitrogens is 1. The Kier molecular flexibility index (Phi) is 5.68. The molecule has 0 aromatic carbocycles. The van der Waals surface area contributed by atoms with E-state index in [2.05, 4.69) is 38.5 Å². The lowest BCUT2D eigenvalue weighted by molar-refractivity contribution is 0.0507. The number of nitrogens with one attached hydrogen (secondary N) is 2. The number of hydrogen-bond acceptors (Lipinski definition) is 4. The molecule has 1 aromatic rings. The first-order chi connectivity index (χ1) is 10.7. The second kappa shape index (κ2) is 7.18. The average molecular weight is 384 g/mol. The van der Waals surface area contributed by atoms with Gasteiger partial charge in [-0.05, 0) is 74.5 Å². The Bertz CT molecular complexity index is 538. The number of rotatable bonds is 6. The van der Waals surface area contributed by atoms with Crippen LogP contribution in [0.5, 0.6) is 0 Å².